The summed E-state index contributed by atoms with van der Waals surface area (Å²) in [5.74, 6) is -0.869. The van der Waals surface area contributed by atoms with Crippen LogP contribution in [0.25, 0.3) is 0 Å². The summed E-state index contributed by atoms with van der Waals surface area (Å²) in [5, 5.41) is 8.96. The number of carboxylic acids is 1. The Morgan fingerprint density at radius 2 is 1.67 bits per heavy atom. The Hall–Kier alpha value is -0.570. The standard InChI is InChI=1S/C15H31NO2/c1-4-6-8-9-11-15(3,10-7-5-2)12-13(16)14(17)18/h13H,4-12,16H2,1-3H3,(H,17,18)/t13-,15?/m0/s1. The summed E-state index contributed by atoms with van der Waals surface area (Å²) in [7, 11) is 0. The Morgan fingerprint density at radius 3 is 2.17 bits per heavy atom. The molecule has 0 aromatic heterocycles. The number of hydrogen-bond donors (Lipinski definition) is 2. The van der Waals surface area contributed by atoms with Crippen LogP contribution in [-0.2, 0) is 4.79 Å². The van der Waals surface area contributed by atoms with Gasteiger partial charge in [0.2, 0.25) is 0 Å². The molecule has 18 heavy (non-hydrogen) atoms. The summed E-state index contributed by atoms with van der Waals surface area (Å²) in [5.41, 5.74) is 5.80. The summed E-state index contributed by atoms with van der Waals surface area (Å²) in [6.45, 7) is 6.59. The molecule has 1 unspecified atom stereocenters. The maximum atomic E-state index is 10.9. The molecule has 0 saturated heterocycles. The third-order valence-corrected chi connectivity index (χ3v) is 3.80. The summed E-state index contributed by atoms with van der Waals surface area (Å²) in [6, 6.07) is -0.710. The van der Waals surface area contributed by atoms with E-state index in [1.54, 1.807) is 0 Å². The lowest BCUT2D eigenvalue weighted by Gasteiger charge is -2.31. The van der Waals surface area contributed by atoms with E-state index in [-0.39, 0.29) is 5.41 Å². The van der Waals surface area contributed by atoms with Crippen molar-refractivity contribution in [3.05, 3.63) is 0 Å². The van der Waals surface area contributed by atoms with Crippen molar-refractivity contribution in [2.45, 2.75) is 84.6 Å². The summed E-state index contributed by atoms with van der Waals surface area (Å²) < 4.78 is 0. The lowest BCUT2D eigenvalue weighted by atomic mass is 9.75. The highest BCUT2D eigenvalue weighted by molar-refractivity contribution is 5.73. The minimum atomic E-state index is -0.869. The number of hydrogen-bond acceptors (Lipinski definition) is 2. The average molecular weight is 257 g/mol. The highest BCUT2D eigenvalue weighted by Crippen LogP contribution is 2.35. The average Bonchev–Trinajstić information content (AvgIpc) is 2.32. The summed E-state index contributed by atoms with van der Waals surface area (Å²) in [6.07, 6.45) is 10.1. The Balaban J connectivity index is 4.27. The molecule has 0 aliphatic rings. The van der Waals surface area contributed by atoms with Crippen molar-refractivity contribution < 1.29 is 9.90 Å². The van der Waals surface area contributed by atoms with Crippen LogP contribution in [0.15, 0.2) is 0 Å². The van der Waals surface area contributed by atoms with Gasteiger partial charge in [0.05, 0.1) is 0 Å². The van der Waals surface area contributed by atoms with E-state index in [0.29, 0.717) is 6.42 Å². The third-order valence-electron chi connectivity index (χ3n) is 3.80. The normalized spacial score (nSPS) is 16.2. The van der Waals surface area contributed by atoms with Gasteiger partial charge in [0, 0.05) is 0 Å². The second-order valence-corrected chi connectivity index (χ2v) is 5.87. The van der Waals surface area contributed by atoms with Gasteiger partial charge in [0.1, 0.15) is 6.04 Å². The summed E-state index contributed by atoms with van der Waals surface area (Å²) in [4.78, 5) is 10.9. The monoisotopic (exact) mass is 257 g/mol. The molecule has 0 rings (SSSR count). The van der Waals surface area contributed by atoms with E-state index in [1.165, 1.54) is 25.7 Å². The van der Waals surface area contributed by atoms with Crippen molar-refractivity contribution in [1.82, 2.24) is 0 Å². The van der Waals surface area contributed by atoms with Crippen LogP contribution in [0.4, 0.5) is 0 Å². The van der Waals surface area contributed by atoms with Crippen LogP contribution < -0.4 is 5.73 Å². The molecule has 3 N–H and O–H groups in total. The predicted octanol–water partition coefficient (Wildman–Crippen LogP) is 3.96. The van der Waals surface area contributed by atoms with Gasteiger partial charge >= 0.3 is 5.97 Å². The van der Waals surface area contributed by atoms with Crippen LogP contribution in [-0.4, -0.2) is 17.1 Å². The molecule has 0 radical (unpaired) electrons. The molecule has 0 bridgehead atoms. The topological polar surface area (TPSA) is 63.3 Å². The molecule has 3 nitrogen and oxygen atoms in total. The first kappa shape index (κ1) is 17.4. The first-order valence-corrected chi connectivity index (χ1v) is 7.43. The predicted molar refractivity (Wildman–Crippen MR) is 76.6 cm³/mol. The molecule has 2 atom stereocenters. The summed E-state index contributed by atoms with van der Waals surface area (Å²) >= 11 is 0. The number of aliphatic carboxylic acids is 1. The zero-order valence-corrected chi connectivity index (χ0v) is 12.4. The quantitative estimate of drug-likeness (QED) is 0.551. The van der Waals surface area contributed by atoms with E-state index in [2.05, 4.69) is 20.8 Å². The van der Waals surface area contributed by atoms with Gasteiger partial charge in [-0.1, -0.05) is 59.3 Å². The Kier molecular flexibility index (Phi) is 9.08. The Morgan fingerprint density at radius 1 is 1.11 bits per heavy atom. The molecule has 0 aliphatic heterocycles. The van der Waals surface area contributed by atoms with Crippen LogP contribution in [0.2, 0.25) is 0 Å². The van der Waals surface area contributed by atoms with E-state index in [0.717, 1.165) is 25.7 Å². The van der Waals surface area contributed by atoms with Gasteiger partial charge in [-0.25, -0.2) is 0 Å². The maximum absolute atomic E-state index is 10.9. The van der Waals surface area contributed by atoms with Crippen LogP contribution in [0.5, 0.6) is 0 Å². The molecule has 108 valence electrons. The fourth-order valence-corrected chi connectivity index (χ4v) is 2.53. The van der Waals surface area contributed by atoms with Gasteiger partial charge in [-0.05, 0) is 24.7 Å². The van der Waals surface area contributed by atoms with E-state index in [9.17, 15) is 4.79 Å². The molecule has 0 amide bonds. The molecule has 0 spiro atoms. The number of unbranched alkanes of at least 4 members (excludes halogenated alkanes) is 4. The Bertz CT molecular complexity index is 231. The number of rotatable bonds is 11. The minimum Gasteiger partial charge on any atom is -0.480 e. The fraction of sp³-hybridized carbons (Fsp3) is 0.933. The zero-order chi connectivity index (χ0) is 14.0. The Labute approximate surface area is 112 Å². The van der Waals surface area contributed by atoms with Gasteiger partial charge in [-0.2, -0.15) is 0 Å². The molecule has 0 heterocycles. The van der Waals surface area contributed by atoms with Gasteiger partial charge in [0.15, 0.2) is 0 Å². The highest BCUT2D eigenvalue weighted by atomic mass is 16.4. The van der Waals surface area contributed by atoms with E-state index >= 15 is 0 Å². The number of nitrogens with two attached hydrogens (primary N) is 1. The van der Waals surface area contributed by atoms with Gasteiger partial charge in [-0.15, -0.1) is 0 Å². The second kappa shape index (κ2) is 9.37. The van der Waals surface area contributed by atoms with E-state index < -0.39 is 12.0 Å². The third kappa shape index (κ3) is 7.70. The minimum absolute atomic E-state index is 0.0988. The molecule has 0 aliphatic carbocycles. The number of carbonyl (C=O) groups is 1. The molecule has 0 aromatic carbocycles. The second-order valence-electron chi connectivity index (χ2n) is 5.87. The van der Waals surface area contributed by atoms with Crippen molar-refractivity contribution in [1.29, 1.82) is 0 Å². The van der Waals surface area contributed by atoms with E-state index in [1.807, 2.05) is 0 Å². The van der Waals surface area contributed by atoms with Gasteiger partial charge in [0.25, 0.3) is 0 Å². The molecule has 0 aromatic rings. The lowest BCUT2D eigenvalue weighted by Crippen LogP contribution is -2.36. The zero-order valence-electron chi connectivity index (χ0n) is 12.4. The first-order chi connectivity index (χ1) is 8.45. The molecule has 3 heteroatoms. The molecule has 0 saturated carbocycles. The van der Waals surface area contributed by atoms with Gasteiger partial charge < -0.3 is 10.8 Å². The maximum Gasteiger partial charge on any atom is 0.320 e. The first-order valence-electron chi connectivity index (χ1n) is 7.43. The van der Waals surface area contributed by atoms with Crippen molar-refractivity contribution in [2.75, 3.05) is 0 Å². The van der Waals surface area contributed by atoms with Crippen LogP contribution >= 0.6 is 0 Å². The molecular weight excluding hydrogens is 226 g/mol. The highest BCUT2D eigenvalue weighted by Gasteiger charge is 2.28. The van der Waals surface area contributed by atoms with E-state index in [4.69, 9.17) is 10.8 Å². The van der Waals surface area contributed by atoms with Crippen molar-refractivity contribution >= 4 is 5.97 Å². The molecule has 0 fully saturated rings. The van der Waals surface area contributed by atoms with Gasteiger partial charge in [-0.3, -0.25) is 4.79 Å². The van der Waals surface area contributed by atoms with Crippen LogP contribution in [0.3, 0.4) is 0 Å². The molecular formula is C15H31NO2. The fourth-order valence-electron chi connectivity index (χ4n) is 2.53. The number of carboxylic acid groups (broad SMARTS) is 1. The van der Waals surface area contributed by atoms with Crippen molar-refractivity contribution in [3.8, 4) is 0 Å². The van der Waals surface area contributed by atoms with Crippen LogP contribution in [0.1, 0.15) is 78.6 Å². The largest absolute Gasteiger partial charge is 0.480 e. The SMILES string of the molecule is CCCCCCC(C)(CCCC)C[C@H](N)C(=O)O. The smallest absolute Gasteiger partial charge is 0.320 e. The van der Waals surface area contributed by atoms with Crippen molar-refractivity contribution in [3.63, 3.8) is 0 Å². The van der Waals surface area contributed by atoms with Crippen LogP contribution in [0, 0.1) is 5.41 Å². The van der Waals surface area contributed by atoms with Crippen molar-refractivity contribution in [2.24, 2.45) is 11.1 Å². The lowest BCUT2D eigenvalue weighted by molar-refractivity contribution is -0.139.